The molecule has 1 aromatic carbocycles. The topological polar surface area (TPSA) is 61.5 Å². The Morgan fingerprint density at radius 3 is 2.71 bits per heavy atom. The van der Waals surface area contributed by atoms with E-state index in [0.29, 0.717) is 24.5 Å². The quantitative estimate of drug-likeness (QED) is 0.794. The summed E-state index contributed by atoms with van der Waals surface area (Å²) in [5, 5.41) is 0. The van der Waals surface area contributed by atoms with Gasteiger partial charge in [0, 0.05) is 12.0 Å². The maximum atomic E-state index is 11.3. The zero-order valence-electron chi connectivity index (χ0n) is 10.5. The molecule has 0 heterocycles. The van der Waals surface area contributed by atoms with Gasteiger partial charge >= 0.3 is 5.97 Å². The third-order valence-corrected chi connectivity index (χ3v) is 2.44. The lowest BCUT2D eigenvalue weighted by Gasteiger charge is -2.22. The van der Waals surface area contributed by atoms with E-state index in [9.17, 15) is 4.79 Å². The number of ether oxygens (including phenoxy) is 2. The van der Waals surface area contributed by atoms with Crippen LogP contribution in [0.15, 0.2) is 24.3 Å². The van der Waals surface area contributed by atoms with Crippen molar-refractivity contribution in [2.45, 2.75) is 13.8 Å². The highest BCUT2D eigenvalue weighted by atomic mass is 16.5. The van der Waals surface area contributed by atoms with Crippen LogP contribution >= 0.6 is 0 Å². The molecule has 4 nitrogen and oxygen atoms in total. The summed E-state index contributed by atoms with van der Waals surface area (Å²) in [5.41, 5.74) is 6.02. The van der Waals surface area contributed by atoms with Crippen LogP contribution in [0.5, 0.6) is 5.75 Å². The molecule has 0 saturated heterocycles. The molecule has 1 rings (SSSR count). The van der Waals surface area contributed by atoms with E-state index in [1.165, 1.54) is 7.11 Å². The maximum Gasteiger partial charge on any atom is 0.337 e. The number of nitrogens with two attached hydrogens (primary N) is 1. The molecule has 2 N–H and O–H groups in total. The Bertz CT molecular complexity index is 388. The first-order valence-electron chi connectivity index (χ1n) is 5.50. The van der Waals surface area contributed by atoms with Crippen molar-refractivity contribution in [3.8, 4) is 5.75 Å². The van der Waals surface area contributed by atoms with Crippen molar-refractivity contribution < 1.29 is 14.3 Å². The van der Waals surface area contributed by atoms with Gasteiger partial charge in [0.05, 0.1) is 19.3 Å². The number of esters is 1. The number of benzene rings is 1. The Balaban J connectivity index is 2.70. The maximum absolute atomic E-state index is 11.3. The molecular formula is C13H19NO3. The average Bonchev–Trinajstić information content (AvgIpc) is 2.36. The van der Waals surface area contributed by atoms with Crippen LogP contribution in [0.3, 0.4) is 0 Å². The van der Waals surface area contributed by atoms with Gasteiger partial charge in [0.2, 0.25) is 0 Å². The van der Waals surface area contributed by atoms with Gasteiger partial charge in [-0.25, -0.2) is 4.79 Å². The third kappa shape index (κ3) is 4.07. The van der Waals surface area contributed by atoms with Gasteiger partial charge in [-0.3, -0.25) is 0 Å². The molecule has 0 atom stereocenters. The van der Waals surface area contributed by atoms with Crippen molar-refractivity contribution in [3.05, 3.63) is 29.8 Å². The molecule has 0 aliphatic heterocycles. The molecule has 0 amide bonds. The molecule has 0 aromatic heterocycles. The molecular weight excluding hydrogens is 218 g/mol. The summed E-state index contributed by atoms with van der Waals surface area (Å²) in [4.78, 5) is 11.3. The van der Waals surface area contributed by atoms with Gasteiger partial charge in [0.25, 0.3) is 0 Å². The van der Waals surface area contributed by atoms with Crippen molar-refractivity contribution in [1.82, 2.24) is 0 Å². The summed E-state index contributed by atoms with van der Waals surface area (Å²) in [6.07, 6.45) is 0. The van der Waals surface area contributed by atoms with E-state index in [4.69, 9.17) is 10.5 Å². The Kier molecular flexibility index (Phi) is 4.52. The second-order valence-corrected chi connectivity index (χ2v) is 4.68. The van der Waals surface area contributed by atoms with Crippen LogP contribution in [0.25, 0.3) is 0 Å². The SMILES string of the molecule is COC(=O)c1cccc(OCC(C)(C)CN)c1. The van der Waals surface area contributed by atoms with Gasteiger partial charge in [-0.05, 0) is 18.2 Å². The Hall–Kier alpha value is -1.55. The van der Waals surface area contributed by atoms with E-state index in [1.807, 2.05) is 13.8 Å². The molecule has 4 heteroatoms. The largest absolute Gasteiger partial charge is 0.493 e. The third-order valence-electron chi connectivity index (χ3n) is 2.44. The molecule has 0 bridgehead atoms. The van der Waals surface area contributed by atoms with Gasteiger partial charge in [0.1, 0.15) is 5.75 Å². The summed E-state index contributed by atoms with van der Waals surface area (Å²) < 4.78 is 10.3. The highest BCUT2D eigenvalue weighted by Gasteiger charge is 2.16. The molecule has 0 radical (unpaired) electrons. The van der Waals surface area contributed by atoms with Gasteiger partial charge in [0.15, 0.2) is 0 Å². The van der Waals surface area contributed by atoms with Gasteiger partial charge in [-0.15, -0.1) is 0 Å². The normalized spacial score (nSPS) is 11.1. The zero-order valence-corrected chi connectivity index (χ0v) is 10.5. The first-order valence-corrected chi connectivity index (χ1v) is 5.50. The minimum Gasteiger partial charge on any atom is -0.493 e. The van der Waals surface area contributed by atoms with E-state index < -0.39 is 0 Å². The van der Waals surface area contributed by atoms with Crippen LogP contribution in [0.1, 0.15) is 24.2 Å². The Labute approximate surface area is 102 Å². The monoisotopic (exact) mass is 237 g/mol. The minimum atomic E-state index is -0.367. The van der Waals surface area contributed by atoms with Gasteiger partial charge in [-0.2, -0.15) is 0 Å². The first-order chi connectivity index (χ1) is 7.98. The van der Waals surface area contributed by atoms with E-state index in [0.717, 1.165) is 0 Å². The number of methoxy groups -OCH3 is 1. The summed E-state index contributed by atoms with van der Waals surface area (Å²) in [6, 6.07) is 6.92. The molecule has 0 spiro atoms. The van der Waals surface area contributed by atoms with E-state index >= 15 is 0 Å². The molecule has 1 aromatic rings. The molecule has 0 aliphatic rings. The smallest absolute Gasteiger partial charge is 0.337 e. The Morgan fingerprint density at radius 2 is 2.12 bits per heavy atom. The van der Waals surface area contributed by atoms with Crippen LogP contribution < -0.4 is 10.5 Å². The van der Waals surface area contributed by atoms with Crippen molar-refractivity contribution in [2.24, 2.45) is 11.1 Å². The number of hydrogen-bond acceptors (Lipinski definition) is 4. The fourth-order valence-corrected chi connectivity index (χ4v) is 1.17. The van der Waals surface area contributed by atoms with E-state index in [2.05, 4.69) is 4.74 Å². The van der Waals surface area contributed by atoms with Crippen molar-refractivity contribution >= 4 is 5.97 Å². The van der Waals surface area contributed by atoms with E-state index in [-0.39, 0.29) is 11.4 Å². The van der Waals surface area contributed by atoms with Crippen LogP contribution in [0.2, 0.25) is 0 Å². The summed E-state index contributed by atoms with van der Waals surface area (Å²) in [5.74, 6) is 0.281. The molecule has 0 unspecified atom stereocenters. The second kappa shape index (κ2) is 5.68. The van der Waals surface area contributed by atoms with Gasteiger partial charge < -0.3 is 15.2 Å². The van der Waals surface area contributed by atoms with Crippen molar-refractivity contribution in [2.75, 3.05) is 20.3 Å². The first kappa shape index (κ1) is 13.5. The molecule has 17 heavy (non-hydrogen) atoms. The molecule has 94 valence electrons. The molecule has 0 fully saturated rings. The number of carbonyl (C=O) groups excluding carboxylic acids is 1. The lowest BCUT2D eigenvalue weighted by Crippen LogP contribution is -2.30. The second-order valence-electron chi connectivity index (χ2n) is 4.68. The Morgan fingerprint density at radius 1 is 1.41 bits per heavy atom. The predicted octanol–water partition coefficient (Wildman–Crippen LogP) is 1.84. The summed E-state index contributed by atoms with van der Waals surface area (Å²) >= 11 is 0. The van der Waals surface area contributed by atoms with Crippen LogP contribution in [0.4, 0.5) is 0 Å². The van der Waals surface area contributed by atoms with E-state index in [1.54, 1.807) is 24.3 Å². The molecule has 0 saturated carbocycles. The number of hydrogen-bond donors (Lipinski definition) is 1. The lowest BCUT2D eigenvalue weighted by molar-refractivity contribution is 0.0600. The summed E-state index contributed by atoms with van der Waals surface area (Å²) in [7, 11) is 1.35. The predicted molar refractivity (Wildman–Crippen MR) is 66.1 cm³/mol. The average molecular weight is 237 g/mol. The fourth-order valence-electron chi connectivity index (χ4n) is 1.17. The van der Waals surface area contributed by atoms with Crippen molar-refractivity contribution in [3.63, 3.8) is 0 Å². The lowest BCUT2D eigenvalue weighted by atomic mass is 9.95. The fraction of sp³-hybridized carbons (Fsp3) is 0.462. The number of rotatable bonds is 5. The minimum absolute atomic E-state index is 0.0821. The van der Waals surface area contributed by atoms with Crippen molar-refractivity contribution in [1.29, 1.82) is 0 Å². The van der Waals surface area contributed by atoms with Crippen LogP contribution in [-0.4, -0.2) is 26.2 Å². The van der Waals surface area contributed by atoms with Crippen LogP contribution in [0, 0.1) is 5.41 Å². The standard InChI is InChI=1S/C13H19NO3/c1-13(2,8-14)9-17-11-6-4-5-10(7-11)12(15)16-3/h4-7H,8-9,14H2,1-3H3. The molecule has 0 aliphatic carbocycles. The van der Waals surface area contributed by atoms with Gasteiger partial charge in [-0.1, -0.05) is 19.9 Å². The number of carbonyl (C=O) groups is 1. The summed E-state index contributed by atoms with van der Waals surface area (Å²) in [6.45, 7) is 5.10. The highest BCUT2D eigenvalue weighted by molar-refractivity contribution is 5.89. The zero-order chi connectivity index (χ0) is 12.9. The highest BCUT2D eigenvalue weighted by Crippen LogP contribution is 2.18. The van der Waals surface area contributed by atoms with Crippen LogP contribution in [-0.2, 0) is 4.74 Å².